The fraction of sp³-hybridized carbons (Fsp3) is 0.240. The zero-order valence-electron chi connectivity index (χ0n) is 38.1. The van der Waals surface area contributed by atoms with E-state index in [1.54, 1.807) is 0 Å². The monoisotopic (exact) mass is 988 g/mol. The van der Waals surface area contributed by atoms with Crippen molar-refractivity contribution in [2.45, 2.75) is 26.7 Å². The van der Waals surface area contributed by atoms with E-state index in [0.717, 1.165) is 73.3 Å². The molecule has 16 nitrogen and oxygen atoms in total. The van der Waals surface area contributed by atoms with Gasteiger partial charge in [-0.2, -0.15) is 9.97 Å². The van der Waals surface area contributed by atoms with E-state index < -0.39 is 23.4 Å². The molecular weight excluding hydrogens is 942 g/mol. The van der Waals surface area contributed by atoms with Crippen molar-refractivity contribution in [3.63, 3.8) is 0 Å². The predicted molar refractivity (Wildman–Crippen MR) is 271 cm³/mol. The van der Waals surface area contributed by atoms with Crippen molar-refractivity contribution in [3.05, 3.63) is 118 Å². The fourth-order valence-corrected chi connectivity index (χ4v) is 7.65. The molecule has 4 heterocycles. The lowest BCUT2D eigenvalue weighted by Gasteiger charge is -2.22. The van der Waals surface area contributed by atoms with E-state index in [0.29, 0.717) is 13.2 Å². The van der Waals surface area contributed by atoms with E-state index in [4.69, 9.17) is 45.5 Å². The van der Waals surface area contributed by atoms with Gasteiger partial charge in [-0.1, -0.05) is 47.2 Å². The molecule has 0 fully saturated rings. The van der Waals surface area contributed by atoms with Gasteiger partial charge in [-0.25, -0.2) is 18.7 Å². The molecule has 360 valence electrons. The molecule has 6 aromatic rings. The SMILES string of the molecule is C#CCNC(=O)c1cccc(F)c1Nc1nc(Nc2ccc3c(c2)OCCCN3CC)ncc1Cl.C#CCNC(=O)c1cccc(F)c1Nc1nc(Nc2ccc3c(c2)OCCCN3CC)ncc1Cl. The lowest BCUT2D eigenvalue weighted by molar-refractivity contribution is 0.0951. The summed E-state index contributed by atoms with van der Waals surface area (Å²) in [5, 5.41) is 17.2. The number of benzene rings is 4. The molecule has 0 radical (unpaired) electrons. The zero-order chi connectivity index (χ0) is 49.6. The van der Waals surface area contributed by atoms with Gasteiger partial charge in [0, 0.05) is 49.7 Å². The number of anilines is 10. The Morgan fingerprint density at radius 1 is 0.657 bits per heavy atom. The summed E-state index contributed by atoms with van der Waals surface area (Å²) >= 11 is 12.5. The van der Waals surface area contributed by atoms with Crippen LogP contribution in [0.3, 0.4) is 0 Å². The maximum Gasteiger partial charge on any atom is 0.254 e. The van der Waals surface area contributed by atoms with Crippen molar-refractivity contribution in [2.75, 3.05) is 83.5 Å². The third-order valence-electron chi connectivity index (χ3n) is 10.7. The minimum atomic E-state index is -0.647. The first-order valence-corrected chi connectivity index (χ1v) is 22.9. The molecule has 0 unspecified atom stereocenters. The highest BCUT2D eigenvalue weighted by molar-refractivity contribution is 6.33. The number of amides is 2. The van der Waals surface area contributed by atoms with Crippen LogP contribution in [0.2, 0.25) is 10.0 Å². The van der Waals surface area contributed by atoms with Gasteiger partial charge in [-0.3, -0.25) is 9.59 Å². The van der Waals surface area contributed by atoms with Crippen molar-refractivity contribution < 1.29 is 27.8 Å². The Balaban J connectivity index is 0.000000206. The van der Waals surface area contributed by atoms with Crippen LogP contribution in [0.4, 0.5) is 66.4 Å². The van der Waals surface area contributed by atoms with E-state index in [-0.39, 0.29) is 69.2 Å². The largest absolute Gasteiger partial charge is 0.491 e. The number of hydrogen-bond donors (Lipinski definition) is 6. The van der Waals surface area contributed by atoms with Crippen LogP contribution in [0.5, 0.6) is 11.5 Å². The summed E-state index contributed by atoms with van der Waals surface area (Å²) in [7, 11) is 0. The lowest BCUT2D eigenvalue weighted by Crippen LogP contribution is -2.24. The standard InChI is InChI=1S/2C25H24ClFN6O2/c2*1-3-11-28-24(34)17-7-5-8-19(27)22(17)31-23-18(26)15-29-25(32-23)30-16-9-10-20-21(14-16)35-13-6-12-33(20)4-2/h2*1,5,7-10,14-15H,4,6,11-13H2,2H3,(H,28,34)(H2,29,30,31,32). The summed E-state index contributed by atoms with van der Waals surface area (Å²) in [5.74, 6) is 4.54. The van der Waals surface area contributed by atoms with Gasteiger partial charge in [0.25, 0.3) is 11.8 Å². The smallest absolute Gasteiger partial charge is 0.254 e. The number of terminal acetylenes is 2. The number of nitrogens with one attached hydrogen (secondary N) is 6. The minimum Gasteiger partial charge on any atom is -0.491 e. The number of halogens is 4. The normalized spacial score (nSPS) is 12.6. The quantitative estimate of drug-likeness (QED) is 0.0568. The van der Waals surface area contributed by atoms with Crippen molar-refractivity contribution in [2.24, 2.45) is 0 Å². The number of aromatic nitrogens is 4. The highest BCUT2D eigenvalue weighted by Gasteiger charge is 2.21. The van der Waals surface area contributed by atoms with Gasteiger partial charge in [0.1, 0.15) is 33.2 Å². The lowest BCUT2D eigenvalue weighted by atomic mass is 10.1. The van der Waals surface area contributed by atoms with Gasteiger partial charge < -0.3 is 51.2 Å². The Bertz CT molecular complexity index is 2760. The maximum atomic E-state index is 14.6. The van der Waals surface area contributed by atoms with Gasteiger partial charge in [-0.15, -0.1) is 12.8 Å². The molecule has 20 heteroatoms. The second-order valence-corrected chi connectivity index (χ2v) is 16.1. The predicted octanol–water partition coefficient (Wildman–Crippen LogP) is 9.46. The third-order valence-corrected chi connectivity index (χ3v) is 11.3. The molecule has 2 aromatic heterocycles. The first-order valence-electron chi connectivity index (χ1n) is 22.2. The highest BCUT2D eigenvalue weighted by atomic mass is 35.5. The van der Waals surface area contributed by atoms with Gasteiger partial charge in [0.05, 0.1) is 72.6 Å². The van der Waals surface area contributed by atoms with Crippen LogP contribution in [0, 0.1) is 36.3 Å². The van der Waals surface area contributed by atoms with E-state index in [9.17, 15) is 18.4 Å². The zero-order valence-corrected chi connectivity index (χ0v) is 39.6. The van der Waals surface area contributed by atoms with E-state index >= 15 is 0 Å². The number of carbonyl (C=O) groups excluding carboxylic acids is 2. The van der Waals surface area contributed by atoms with Crippen molar-refractivity contribution >= 4 is 92.7 Å². The molecule has 70 heavy (non-hydrogen) atoms. The van der Waals surface area contributed by atoms with Crippen molar-refractivity contribution in [1.29, 1.82) is 0 Å². The number of para-hydroxylation sites is 2. The molecule has 2 aliphatic rings. The number of fused-ring (bicyclic) bond motifs is 2. The van der Waals surface area contributed by atoms with Crippen LogP contribution >= 0.6 is 23.2 Å². The number of rotatable bonds is 14. The van der Waals surface area contributed by atoms with E-state index in [1.807, 2.05) is 36.4 Å². The van der Waals surface area contributed by atoms with Crippen LogP contribution < -0.4 is 51.2 Å². The molecule has 4 aromatic carbocycles. The third kappa shape index (κ3) is 12.3. The summed E-state index contributed by atoms with van der Waals surface area (Å²) in [5.41, 5.74) is 3.47. The van der Waals surface area contributed by atoms with Crippen LogP contribution in [0.15, 0.2) is 85.2 Å². The molecule has 0 saturated heterocycles. The minimum absolute atomic E-state index is 0.0115. The number of hydrogen-bond acceptors (Lipinski definition) is 14. The molecule has 2 aliphatic heterocycles. The van der Waals surface area contributed by atoms with Crippen molar-refractivity contribution in [1.82, 2.24) is 30.6 Å². The van der Waals surface area contributed by atoms with Gasteiger partial charge in [-0.05, 0) is 75.2 Å². The molecule has 0 aliphatic carbocycles. The molecular formula is C50H48Cl2F2N12O4. The second-order valence-electron chi connectivity index (χ2n) is 15.3. The average molecular weight is 990 g/mol. The van der Waals surface area contributed by atoms with Crippen LogP contribution in [0.25, 0.3) is 0 Å². The molecule has 0 saturated carbocycles. The number of ether oxygens (including phenoxy) is 2. The van der Waals surface area contributed by atoms with Gasteiger partial charge in [0.2, 0.25) is 11.9 Å². The highest BCUT2D eigenvalue weighted by Crippen LogP contribution is 2.37. The second kappa shape index (κ2) is 23.8. The topological polar surface area (TPSA) is 183 Å². The summed E-state index contributed by atoms with van der Waals surface area (Å²) in [6.07, 6.45) is 15.1. The first kappa shape index (κ1) is 49.8. The van der Waals surface area contributed by atoms with Crippen molar-refractivity contribution in [3.8, 4) is 36.2 Å². The Labute approximate surface area is 413 Å². The molecule has 0 bridgehead atoms. The average Bonchev–Trinajstić information content (AvgIpc) is 3.71. The van der Waals surface area contributed by atoms with Crippen LogP contribution in [0.1, 0.15) is 47.4 Å². The van der Waals surface area contributed by atoms with Crippen LogP contribution in [-0.2, 0) is 0 Å². The summed E-state index contributed by atoms with van der Waals surface area (Å²) in [6, 6.07) is 19.8. The molecule has 0 spiro atoms. The molecule has 8 rings (SSSR count). The summed E-state index contributed by atoms with van der Waals surface area (Å²) < 4.78 is 41.1. The molecule has 0 atom stereocenters. The Hall–Kier alpha value is -8.06. The summed E-state index contributed by atoms with van der Waals surface area (Å²) in [6.45, 7) is 9.16. The fourth-order valence-electron chi connectivity index (χ4n) is 7.37. The van der Waals surface area contributed by atoms with E-state index in [2.05, 4.69) is 87.3 Å². The van der Waals surface area contributed by atoms with E-state index in [1.165, 1.54) is 48.8 Å². The Morgan fingerprint density at radius 3 is 1.49 bits per heavy atom. The number of carbonyl (C=O) groups is 2. The summed E-state index contributed by atoms with van der Waals surface area (Å²) in [4.78, 5) is 46.6. The molecule has 6 N–H and O–H groups in total. The van der Waals surface area contributed by atoms with Gasteiger partial charge >= 0.3 is 0 Å². The maximum absolute atomic E-state index is 14.6. The van der Waals surface area contributed by atoms with Crippen LogP contribution in [-0.4, -0.2) is 84.2 Å². The van der Waals surface area contributed by atoms with Gasteiger partial charge in [0.15, 0.2) is 11.6 Å². The Kier molecular flexibility index (Phi) is 16.9. The number of nitrogens with zero attached hydrogens (tertiary/aromatic N) is 6. The molecule has 2 amide bonds. The Morgan fingerprint density at radius 2 is 1.09 bits per heavy atom. The first-order chi connectivity index (χ1) is 34.0.